The zero-order valence-corrected chi connectivity index (χ0v) is 14.3. The summed E-state index contributed by atoms with van der Waals surface area (Å²) in [7, 11) is 0. The fraction of sp³-hybridized carbons (Fsp3) is 0.105. The second kappa shape index (κ2) is 6.17. The number of nitrogens with two attached hydrogens (primary N) is 1. The van der Waals surface area contributed by atoms with Crippen molar-refractivity contribution >= 4 is 28.0 Å². The molecule has 0 aliphatic heterocycles. The third-order valence-corrected chi connectivity index (χ3v) is 4.59. The molecule has 1 atom stereocenters. The molecule has 3 N–H and O–H groups in total. The molecule has 0 saturated heterocycles. The molecule has 0 spiro atoms. The zero-order valence-electron chi connectivity index (χ0n) is 14.3. The van der Waals surface area contributed by atoms with Crippen LogP contribution in [-0.2, 0) is 6.54 Å². The highest BCUT2D eigenvalue weighted by Gasteiger charge is 2.21. The van der Waals surface area contributed by atoms with Gasteiger partial charge in [0.25, 0.3) is 0 Å². The summed E-state index contributed by atoms with van der Waals surface area (Å²) < 4.78 is 1.96. The van der Waals surface area contributed by atoms with E-state index in [1.807, 2.05) is 47.0 Å². The Balaban J connectivity index is 1.62. The number of nitrogens with zero attached hydrogens (tertiary/aromatic N) is 6. The Morgan fingerprint density at radius 3 is 2.74 bits per heavy atom. The molecule has 1 unspecified atom stereocenters. The number of nitrogen functional groups attached to an aromatic ring is 1. The smallest absolute Gasteiger partial charge is 0.165 e. The maximum Gasteiger partial charge on any atom is 0.165 e. The van der Waals surface area contributed by atoms with Gasteiger partial charge in [-0.3, -0.25) is 4.98 Å². The van der Waals surface area contributed by atoms with Crippen molar-refractivity contribution in [1.82, 2.24) is 34.5 Å². The van der Waals surface area contributed by atoms with E-state index in [4.69, 9.17) is 10.7 Å². The number of hydrogen-bond donors (Lipinski definition) is 2. The van der Waals surface area contributed by atoms with Crippen molar-refractivity contribution in [1.29, 1.82) is 0 Å². The molecule has 0 amide bonds. The van der Waals surface area contributed by atoms with Crippen LogP contribution in [0.3, 0.4) is 0 Å². The first-order valence-electron chi connectivity index (χ1n) is 8.56. The van der Waals surface area contributed by atoms with Crippen LogP contribution in [0.1, 0.15) is 17.4 Å². The van der Waals surface area contributed by atoms with Crippen LogP contribution in [0.5, 0.6) is 0 Å². The number of rotatable bonds is 4. The van der Waals surface area contributed by atoms with E-state index < -0.39 is 0 Å². The minimum Gasteiger partial charge on any atom is -0.382 e. The number of aromatic amines is 1. The van der Waals surface area contributed by atoms with E-state index in [0.29, 0.717) is 23.5 Å². The second-order valence-electron chi connectivity index (χ2n) is 6.27. The molecule has 4 aromatic heterocycles. The lowest BCUT2D eigenvalue weighted by Gasteiger charge is -2.15. The predicted molar refractivity (Wildman–Crippen MR) is 102 cm³/mol. The molecule has 0 bridgehead atoms. The fourth-order valence-corrected chi connectivity index (χ4v) is 3.27. The average molecular weight is 356 g/mol. The number of hydrogen-bond acceptors (Lipinski definition) is 6. The van der Waals surface area contributed by atoms with Gasteiger partial charge in [0.15, 0.2) is 11.5 Å². The van der Waals surface area contributed by atoms with Crippen molar-refractivity contribution in [3.05, 3.63) is 72.8 Å². The molecule has 0 aliphatic rings. The molecule has 8 nitrogen and oxygen atoms in total. The highest BCUT2D eigenvalue weighted by molar-refractivity contribution is 5.81. The second-order valence-corrected chi connectivity index (χ2v) is 6.27. The molecule has 132 valence electrons. The summed E-state index contributed by atoms with van der Waals surface area (Å²) in [5.41, 5.74) is 10.0. The molecule has 0 aliphatic carbocycles. The summed E-state index contributed by atoms with van der Waals surface area (Å²) in [6.07, 6.45) is 4.97. The Morgan fingerprint density at radius 1 is 1.00 bits per heavy atom. The molecule has 8 heteroatoms. The summed E-state index contributed by atoms with van der Waals surface area (Å²) in [5.74, 6) is 1.13. The van der Waals surface area contributed by atoms with E-state index in [9.17, 15) is 0 Å². The quantitative estimate of drug-likeness (QED) is 0.512. The molecular weight excluding hydrogens is 340 g/mol. The maximum absolute atomic E-state index is 5.92. The van der Waals surface area contributed by atoms with Crippen molar-refractivity contribution < 1.29 is 0 Å². The van der Waals surface area contributed by atoms with Crippen molar-refractivity contribution in [3.63, 3.8) is 0 Å². The SMILES string of the molecule is Nc1ncnc2c1ncn2CC(c1ccccn1)c1nc2ccccc2[nH]1. The number of anilines is 1. The summed E-state index contributed by atoms with van der Waals surface area (Å²) in [5, 5.41) is 0. The average Bonchev–Trinajstić information content (AvgIpc) is 3.31. The molecule has 5 aromatic rings. The third kappa shape index (κ3) is 2.67. The Bertz CT molecular complexity index is 1190. The topological polar surface area (TPSA) is 111 Å². The van der Waals surface area contributed by atoms with Gasteiger partial charge >= 0.3 is 0 Å². The highest BCUT2D eigenvalue weighted by Crippen LogP contribution is 2.26. The number of imidazole rings is 2. The molecule has 1 aromatic carbocycles. The van der Waals surface area contributed by atoms with Gasteiger partial charge < -0.3 is 15.3 Å². The first-order chi connectivity index (χ1) is 13.3. The minimum absolute atomic E-state index is 0.0906. The van der Waals surface area contributed by atoms with Gasteiger partial charge in [0.05, 0.1) is 29.0 Å². The maximum atomic E-state index is 5.92. The summed E-state index contributed by atoms with van der Waals surface area (Å²) >= 11 is 0. The third-order valence-electron chi connectivity index (χ3n) is 4.59. The molecule has 27 heavy (non-hydrogen) atoms. The number of pyridine rings is 1. The van der Waals surface area contributed by atoms with E-state index >= 15 is 0 Å². The summed E-state index contributed by atoms with van der Waals surface area (Å²) in [6, 6.07) is 13.9. The van der Waals surface area contributed by atoms with Gasteiger partial charge in [-0.05, 0) is 24.3 Å². The fourth-order valence-electron chi connectivity index (χ4n) is 3.27. The van der Waals surface area contributed by atoms with E-state index in [1.54, 1.807) is 12.5 Å². The van der Waals surface area contributed by atoms with Crippen molar-refractivity contribution in [2.75, 3.05) is 5.73 Å². The van der Waals surface area contributed by atoms with Crippen molar-refractivity contribution in [2.45, 2.75) is 12.5 Å². The zero-order chi connectivity index (χ0) is 18.2. The van der Waals surface area contributed by atoms with E-state index in [1.165, 1.54) is 6.33 Å². The number of aromatic nitrogens is 7. The Labute approximate surface area is 154 Å². The van der Waals surface area contributed by atoms with Crippen LogP contribution in [0.25, 0.3) is 22.2 Å². The number of nitrogens with one attached hydrogen (secondary N) is 1. The molecule has 0 radical (unpaired) electrons. The number of H-pyrrole nitrogens is 1. The number of benzene rings is 1. The van der Waals surface area contributed by atoms with E-state index in [0.717, 1.165) is 22.6 Å². The van der Waals surface area contributed by atoms with Crippen molar-refractivity contribution in [3.8, 4) is 0 Å². The molecule has 0 fully saturated rings. The van der Waals surface area contributed by atoms with Crippen LogP contribution in [0.4, 0.5) is 5.82 Å². The van der Waals surface area contributed by atoms with E-state index in [2.05, 4.69) is 24.9 Å². The number of fused-ring (bicyclic) bond motifs is 2. The molecule has 4 heterocycles. The van der Waals surface area contributed by atoms with Crippen LogP contribution in [0.15, 0.2) is 61.3 Å². The first kappa shape index (κ1) is 15.4. The molecule has 0 saturated carbocycles. The Kier molecular flexibility index (Phi) is 3.53. The largest absolute Gasteiger partial charge is 0.382 e. The van der Waals surface area contributed by atoms with Crippen LogP contribution >= 0.6 is 0 Å². The summed E-state index contributed by atoms with van der Waals surface area (Å²) in [6.45, 7) is 0.573. The molecule has 5 rings (SSSR count). The van der Waals surface area contributed by atoms with Crippen LogP contribution < -0.4 is 5.73 Å². The highest BCUT2D eigenvalue weighted by atomic mass is 15.1. The van der Waals surface area contributed by atoms with Crippen LogP contribution in [-0.4, -0.2) is 34.5 Å². The van der Waals surface area contributed by atoms with E-state index in [-0.39, 0.29) is 5.92 Å². The van der Waals surface area contributed by atoms with Gasteiger partial charge in [-0.2, -0.15) is 0 Å². The van der Waals surface area contributed by atoms with Gasteiger partial charge in [-0.15, -0.1) is 0 Å². The van der Waals surface area contributed by atoms with Crippen LogP contribution in [0, 0.1) is 0 Å². The first-order valence-corrected chi connectivity index (χ1v) is 8.56. The van der Waals surface area contributed by atoms with Crippen LogP contribution in [0.2, 0.25) is 0 Å². The molecular formula is C19H16N8. The van der Waals surface area contributed by atoms with Crippen molar-refractivity contribution in [2.24, 2.45) is 0 Å². The predicted octanol–water partition coefficient (Wildman–Crippen LogP) is 2.51. The van der Waals surface area contributed by atoms with Gasteiger partial charge in [0, 0.05) is 12.7 Å². The lowest BCUT2D eigenvalue weighted by molar-refractivity contribution is 0.600. The summed E-state index contributed by atoms with van der Waals surface area (Å²) in [4.78, 5) is 25.5. The monoisotopic (exact) mass is 356 g/mol. The normalized spacial score (nSPS) is 12.6. The standard InChI is InChI=1S/C19H16N8/c20-17-16-19(23-10-22-17)27(11-24-16)9-12(13-5-3-4-8-21-13)18-25-14-6-1-2-7-15(14)26-18/h1-8,10-12H,9H2,(H,25,26)(H2,20,22,23). The van der Waals surface area contributed by atoms with Gasteiger partial charge in [-0.1, -0.05) is 18.2 Å². The lowest BCUT2D eigenvalue weighted by Crippen LogP contribution is -2.13. The van der Waals surface area contributed by atoms with Gasteiger partial charge in [0.1, 0.15) is 17.7 Å². The van der Waals surface area contributed by atoms with Gasteiger partial charge in [0.2, 0.25) is 0 Å². The number of para-hydroxylation sites is 2. The minimum atomic E-state index is -0.0906. The van der Waals surface area contributed by atoms with Gasteiger partial charge in [-0.25, -0.2) is 19.9 Å². The Morgan fingerprint density at radius 2 is 1.89 bits per heavy atom. The lowest BCUT2D eigenvalue weighted by atomic mass is 10.0. The Hall–Kier alpha value is -3.81.